The zero-order valence-corrected chi connectivity index (χ0v) is 34.3. The fourth-order valence-corrected chi connectivity index (χ4v) is 8.17. The molecule has 0 aliphatic heterocycles. The van der Waals surface area contributed by atoms with Crippen molar-refractivity contribution in [3.63, 3.8) is 0 Å². The lowest BCUT2D eigenvalue weighted by atomic mass is 9.93. The van der Waals surface area contributed by atoms with E-state index >= 15 is 4.39 Å². The lowest BCUT2D eigenvalue weighted by Gasteiger charge is -2.33. The lowest BCUT2D eigenvalue weighted by Crippen LogP contribution is -2.53. The number of benzene rings is 2. The first-order valence-corrected chi connectivity index (χ1v) is 20.1. The Morgan fingerprint density at radius 1 is 1.09 bits per heavy atom. The summed E-state index contributed by atoms with van der Waals surface area (Å²) in [5.41, 5.74) is -0.659. The smallest absolute Gasteiger partial charge is 0.408 e. The summed E-state index contributed by atoms with van der Waals surface area (Å²) in [6, 6.07) is 3.15. The van der Waals surface area contributed by atoms with Gasteiger partial charge in [0.2, 0.25) is 5.13 Å². The maximum atomic E-state index is 15.9. The van der Waals surface area contributed by atoms with Crippen LogP contribution in [0.4, 0.5) is 33.2 Å². The summed E-state index contributed by atoms with van der Waals surface area (Å²) < 4.78 is 121. The van der Waals surface area contributed by atoms with Gasteiger partial charge >= 0.3 is 12.3 Å². The molecule has 0 aliphatic rings. The molecule has 3 rings (SSSR count). The third-order valence-corrected chi connectivity index (χ3v) is 12.2. The number of ether oxygens (including phenoxy) is 3. The Kier molecular flexibility index (Phi) is 15.1. The minimum atomic E-state index is -4.85. The van der Waals surface area contributed by atoms with Crippen LogP contribution in [0.5, 0.6) is 11.5 Å². The first-order valence-electron chi connectivity index (χ1n) is 16.3. The van der Waals surface area contributed by atoms with Gasteiger partial charge in [0, 0.05) is 47.1 Å². The number of hydrogen-bond acceptors (Lipinski definition) is 12. The molecule has 302 valence electrons. The van der Waals surface area contributed by atoms with Gasteiger partial charge in [0.1, 0.15) is 44.9 Å². The van der Waals surface area contributed by atoms with Crippen molar-refractivity contribution in [3.8, 4) is 11.5 Å². The van der Waals surface area contributed by atoms with Gasteiger partial charge in [-0.1, -0.05) is 11.6 Å². The predicted octanol–water partition coefficient (Wildman–Crippen LogP) is 7.06. The second-order valence-corrected chi connectivity index (χ2v) is 19.1. The number of rotatable bonds is 16. The summed E-state index contributed by atoms with van der Waals surface area (Å²) in [5, 5.41) is 4.98. The average molecular weight is 845 g/mol. The minimum Gasteiger partial charge on any atom is -0.598 e. The normalized spacial score (nSPS) is 14.8. The van der Waals surface area contributed by atoms with Crippen molar-refractivity contribution >= 4 is 61.4 Å². The van der Waals surface area contributed by atoms with Crippen LogP contribution in [0.25, 0.3) is 0 Å². The predicted molar refractivity (Wildman–Crippen MR) is 201 cm³/mol. The molecule has 13 nitrogen and oxygen atoms in total. The van der Waals surface area contributed by atoms with Crippen molar-refractivity contribution in [2.45, 2.75) is 94.9 Å². The number of alkyl halides is 3. The SMILES string of the molecule is COc1ccc(CN(c2ncns2)S(=O)(=O)c2cc(Cl)c(NC[C@H](CC(N[S+]([O-])C(C)(C)C)C(F)(F)F)[C@@H](C)NC(=O)OC(C)(C)C)cc2F)c(OC)c1. The van der Waals surface area contributed by atoms with Crippen LogP contribution in [0.1, 0.15) is 60.5 Å². The van der Waals surface area contributed by atoms with E-state index in [2.05, 4.69) is 24.7 Å². The number of nitrogens with zero attached hydrogens (tertiary/aromatic N) is 3. The molecular weight excluding hydrogens is 800 g/mol. The maximum Gasteiger partial charge on any atom is 0.408 e. The van der Waals surface area contributed by atoms with Crippen molar-refractivity contribution in [1.82, 2.24) is 19.4 Å². The molecule has 1 heterocycles. The van der Waals surface area contributed by atoms with Gasteiger partial charge in [-0.3, -0.25) is 0 Å². The molecule has 0 spiro atoms. The number of anilines is 2. The van der Waals surface area contributed by atoms with E-state index in [4.69, 9.17) is 25.8 Å². The molecule has 0 aliphatic carbocycles. The first kappa shape index (κ1) is 45.1. The molecule has 0 bridgehead atoms. The molecule has 0 radical (unpaired) electrons. The Labute approximate surface area is 325 Å². The average Bonchev–Trinajstić information content (AvgIpc) is 3.58. The highest BCUT2D eigenvalue weighted by Crippen LogP contribution is 2.36. The topological polar surface area (TPSA) is 167 Å². The molecule has 0 fully saturated rings. The number of aromatic nitrogens is 2. The number of alkyl carbamates (subject to hydrolysis) is 1. The zero-order chi connectivity index (χ0) is 40.8. The van der Waals surface area contributed by atoms with Gasteiger partial charge < -0.3 is 29.4 Å². The van der Waals surface area contributed by atoms with Crippen LogP contribution in [0.2, 0.25) is 5.02 Å². The van der Waals surface area contributed by atoms with E-state index < -0.39 is 79.1 Å². The molecule has 0 saturated heterocycles. The molecule has 2 unspecified atom stereocenters. The molecular formula is C33H45ClF4N6O7S3. The second-order valence-electron chi connectivity index (χ2n) is 14.1. The van der Waals surface area contributed by atoms with Gasteiger partial charge in [-0.2, -0.15) is 17.5 Å². The number of halogens is 5. The van der Waals surface area contributed by atoms with Crippen LogP contribution in [-0.4, -0.2) is 77.8 Å². The van der Waals surface area contributed by atoms with Crippen molar-refractivity contribution in [2.24, 2.45) is 5.92 Å². The number of amides is 1. The van der Waals surface area contributed by atoms with Crippen LogP contribution >= 0.6 is 23.1 Å². The number of methoxy groups -OCH3 is 2. The largest absolute Gasteiger partial charge is 0.598 e. The number of carbonyl (C=O) groups excluding carboxylic acids is 1. The van der Waals surface area contributed by atoms with Gasteiger partial charge in [-0.05, 0) is 85.1 Å². The van der Waals surface area contributed by atoms with Crippen molar-refractivity contribution in [3.05, 3.63) is 53.1 Å². The number of sulfonamides is 1. The quantitative estimate of drug-likeness (QED) is 0.0999. The van der Waals surface area contributed by atoms with Crippen LogP contribution in [-0.2, 0) is 32.7 Å². The number of hydrogen-bond donors (Lipinski definition) is 3. The van der Waals surface area contributed by atoms with Crippen molar-refractivity contribution < 1.29 is 49.5 Å². The third kappa shape index (κ3) is 12.4. The van der Waals surface area contributed by atoms with Gasteiger partial charge in [-0.15, -0.1) is 4.72 Å². The Balaban J connectivity index is 1.97. The molecule has 21 heteroatoms. The highest BCUT2D eigenvalue weighted by molar-refractivity contribution is 7.93. The van der Waals surface area contributed by atoms with Crippen LogP contribution in [0.3, 0.4) is 0 Å². The van der Waals surface area contributed by atoms with Crippen LogP contribution < -0.4 is 29.1 Å². The van der Waals surface area contributed by atoms with Crippen LogP contribution in [0.15, 0.2) is 41.6 Å². The fourth-order valence-electron chi connectivity index (χ4n) is 4.82. The molecule has 1 amide bonds. The summed E-state index contributed by atoms with van der Waals surface area (Å²) in [6.45, 7) is 10.2. The lowest BCUT2D eigenvalue weighted by molar-refractivity contribution is -0.155. The minimum absolute atomic E-state index is 0.0832. The van der Waals surface area contributed by atoms with Gasteiger partial charge in [0.25, 0.3) is 10.0 Å². The zero-order valence-electron chi connectivity index (χ0n) is 31.1. The van der Waals surface area contributed by atoms with E-state index in [-0.39, 0.29) is 34.7 Å². The van der Waals surface area contributed by atoms with Gasteiger partial charge in [0.15, 0.2) is 0 Å². The first-order chi connectivity index (χ1) is 24.9. The maximum absolute atomic E-state index is 15.9. The van der Waals surface area contributed by atoms with E-state index in [9.17, 15) is 30.9 Å². The summed E-state index contributed by atoms with van der Waals surface area (Å²) in [5.74, 6) is -1.55. The Morgan fingerprint density at radius 3 is 2.30 bits per heavy atom. The van der Waals surface area contributed by atoms with Crippen molar-refractivity contribution in [1.29, 1.82) is 0 Å². The number of carbonyl (C=O) groups is 1. The highest BCUT2D eigenvalue weighted by Gasteiger charge is 2.46. The van der Waals surface area contributed by atoms with E-state index in [0.29, 0.717) is 11.3 Å². The molecule has 4 atom stereocenters. The molecule has 2 aromatic carbocycles. The highest BCUT2D eigenvalue weighted by atomic mass is 35.5. The molecule has 0 saturated carbocycles. The van der Waals surface area contributed by atoms with Gasteiger partial charge in [-0.25, -0.2) is 26.9 Å². The molecule has 54 heavy (non-hydrogen) atoms. The van der Waals surface area contributed by atoms with E-state index in [1.54, 1.807) is 39.0 Å². The second kappa shape index (κ2) is 18.1. The fraction of sp³-hybridized carbons (Fsp3) is 0.545. The van der Waals surface area contributed by atoms with Crippen molar-refractivity contribution in [2.75, 3.05) is 30.4 Å². The Morgan fingerprint density at radius 2 is 1.76 bits per heavy atom. The summed E-state index contributed by atoms with van der Waals surface area (Å²) >= 11 is 5.14. The Hall–Kier alpha value is -3.30. The van der Waals surface area contributed by atoms with Crippen LogP contribution in [0, 0.1) is 11.7 Å². The third-order valence-electron chi connectivity index (χ3n) is 7.71. The molecule has 1 aromatic heterocycles. The molecule has 3 N–H and O–H groups in total. The van der Waals surface area contributed by atoms with E-state index in [1.807, 2.05) is 0 Å². The number of nitrogens with one attached hydrogen (secondary N) is 3. The summed E-state index contributed by atoms with van der Waals surface area (Å²) in [4.78, 5) is 15.8. The Bertz CT molecular complexity index is 1830. The molecule has 3 aromatic rings. The van der Waals surface area contributed by atoms with E-state index in [1.165, 1.54) is 41.9 Å². The van der Waals surface area contributed by atoms with Gasteiger partial charge in [0.05, 0.1) is 31.5 Å². The monoisotopic (exact) mass is 844 g/mol. The summed E-state index contributed by atoms with van der Waals surface area (Å²) in [6.07, 6.45) is -5.29. The summed E-state index contributed by atoms with van der Waals surface area (Å²) in [7, 11) is -1.88. The standard InChI is InChI=1S/C33H45ClF4N6O7S3/c1-19(42-30(45)51-31(2,3)4)21(12-28(33(36,37)38)43-53(46)32(5,6)7)16-39-25-15-24(35)27(14-23(25)34)54(47,48)44(29-40-18-41-52-29)17-20-10-11-22(49-8)13-26(20)50-9/h10-11,13-15,18-19,21,28,39,43H,12,16-17H2,1-9H3,(H,42,45)/t19-,21+,28?,53?/m1/s1. The van der Waals surface area contributed by atoms with E-state index in [0.717, 1.165) is 34.3 Å².